The Morgan fingerprint density at radius 2 is 1.67 bits per heavy atom. The van der Waals surface area contributed by atoms with Crippen molar-refractivity contribution >= 4 is 17.1 Å². The Bertz CT molecular complexity index is 1010. The lowest BCUT2D eigenvalue weighted by molar-refractivity contribution is -0.128. The fourth-order valence-corrected chi connectivity index (χ4v) is 11.3. The molecule has 0 spiro atoms. The molecule has 4 fully saturated rings. The van der Waals surface area contributed by atoms with Crippen molar-refractivity contribution in [1.82, 2.24) is 10.6 Å². The third-order valence-corrected chi connectivity index (χ3v) is 13.5. The topological polar surface area (TPSA) is 126 Å². The number of aliphatic imine (C=N–C) groups is 1. The number of nitrogens with one attached hydrogen (secondary N) is 2. The highest BCUT2D eigenvalue weighted by Crippen LogP contribution is 2.70. The van der Waals surface area contributed by atoms with Gasteiger partial charge in [-0.15, -0.1) is 0 Å². The predicted molar refractivity (Wildman–Crippen MR) is 177 cm³/mol. The summed E-state index contributed by atoms with van der Waals surface area (Å²) < 4.78 is 37.0. The van der Waals surface area contributed by atoms with E-state index >= 15 is 0 Å². The number of nitrogens with zero attached hydrogens (tertiary/aromatic N) is 1. The number of nitrogens with two attached hydrogens (primary N) is 1. The highest BCUT2D eigenvalue weighted by Gasteiger charge is 2.66. The maximum atomic E-state index is 11.4. The van der Waals surface area contributed by atoms with E-state index in [1.54, 1.807) is 0 Å². The van der Waals surface area contributed by atoms with Crippen LogP contribution in [0.1, 0.15) is 124 Å². The van der Waals surface area contributed by atoms with E-state index in [2.05, 4.69) is 31.2 Å². The van der Waals surface area contributed by atoms with Gasteiger partial charge in [0.2, 0.25) is 0 Å². The quantitative estimate of drug-likeness (QED) is 0.0868. The normalized spacial score (nSPS) is 38.3. The second-order valence-corrected chi connectivity index (χ2v) is 16.6. The summed E-state index contributed by atoms with van der Waals surface area (Å²) in [4.78, 5) is 5.15. The van der Waals surface area contributed by atoms with Crippen molar-refractivity contribution in [2.24, 2.45) is 51.1 Å². The van der Waals surface area contributed by atoms with Crippen LogP contribution in [0.4, 0.5) is 0 Å². The first-order chi connectivity index (χ1) is 20.4. The molecule has 0 amide bonds. The van der Waals surface area contributed by atoms with Crippen molar-refractivity contribution in [2.75, 3.05) is 26.2 Å². The molecule has 0 saturated heterocycles. The van der Waals surface area contributed by atoms with Gasteiger partial charge in [0.05, 0.1) is 11.6 Å². The molecule has 9 heteroatoms. The number of hydrogen-bond acceptors (Lipinski definition) is 7. The minimum absolute atomic E-state index is 0.00260. The Kier molecular flexibility index (Phi) is 12.2. The van der Waals surface area contributed by atoms with Crippen LogP contribution in [-0.4, -0.2) is 63.6 Å². The molecule has 0 aromatic rings. The van der Waals surface area contributed by atoms with E-state index in [1.165, 1.54) is 70.6 Å². The molecule has 0 heterocycles. The predicted octanol–water partition coefficient (Wildman–Crippen LogP) is 6.16. The molecule has 0 aliphatic heterocycles. The first-order valence-electron chi connectivity index (χ1n) is 17.7. The molecule has 43 heavy (non-hydrogen) atoms. The van der Waals surface area contributed by atoms with Crippen LogP contribution in [0.5, 0.6) is 0 Å². The van der Waals surface area contributed by atoms with Gasteiger partial charge in [-0.3, -0.25) is 9.55 Å². The summed E-state index contributed by atoms with van der Waals surface area (Å²) in [5.74, 6) is 2.64. The van der Waals surface area contributed by atoms with E-state index in [0.717, 1.165) is 51.4 Å². The van der Waals surface area contributed by atoms with Crippen LogP contribution in [-0.2, 0) is 14.6 Å². The Hall–Kier alpha value is -0.580. The van der Waals surface area contributed by atoms with Crippen molar-refractivity contribution in [3.05, 3.63) is 0 Å². The zero-order valence-electron chi connectivity index (χ0n) is 27.8. The molecular weight excluding hydrogens is 560 g/mol. The van der Waals surface area contributed by atoms with Crippen LogP contribution >= 0.6 is 0 Å². The minimum atomic E-state index is -4.43. The SMILES string of the molecule is C=NC12CCC3CC(NCCCNCCCCN)CCC3(C)C1CCC1(C)C(CCCC(OS(=O)(=O)O)C(C)C)CCC12. The van der Waals surface area contributed by atoms with Gasteiger partial charge < -0.3 is 16.4 Å². The molecule has 9 atom stereocenters. The summed E-state index contributed by atoms with van der Waals surface area (Å²) in [6.45, 7) is 17.4. The molecule has 0 aromatic heterocycles. The molecule has 5 N–H and O–H groups in total. The van der Waals surface area contributed by atoms with E-state index < -0.39 is 16.5 Å². The lowest BCUT2D eigenvalue weighted by Gasteiger charge is -2.65. The van der Waals surface area contributed by atoms with Crippen molar-refractivity contribution in [3.63, 3.8) is 0 Å². The minimum Gasteiger partial charge on any atom is -0.330 e. The van der Waals surface area contributed by atoms with Crippen LogP contribution in [0, 0.1) is 40.4 Å². The van der Waals surface area contributed by atoms with Crippen LogP contribution in [0.15, 0.2) is 4.99 Å². The molecule has 250 valence electrons. The molecular formula is C34H64N4O4S. The van der Waals surface area contributed by atoms with Crippen molar-refractivity contribution in [1.29, 1.82) is 0 Å². The molecule has 4 aliphatic carbocycles. The van der Waals surface area contributed by atoms with Gasteiger partial charge >= 0.3 is 10.4 Å². The first-order valence-corrected chi connectivity index (χ1v) is 19.0. The summed E-state index contributed by atoms with van der Waals surface area (Å²) in [6, 6.07) is 0.642. The van der Waals surface area contributed by atoms with Crippen LogP contribution in [0.25, 0.3) is 0 Å². The fourth-order valence-electron chi connectivity index (χ4n) is 10.7. The molecule has 0 bridgehead atoms. The van der Waals surface area contributed by atoms with E-state index in [0.29, 0.717) is 35.6 Å². The lowest BCUT2D eigenvalue weighted by Crippen LogP contribution is -2.63. The van der Waals surface area contributed by atoms with Crippen LogP contribution < -0.4 is 16.4 Å². The number of hydrogen-bond donors (Lipinski definition) is 4. The van der Waals surface area contributed by atoms with Crippen molar-refractivity contribution in [2.45, 2.75) is 142 Å². The summed E-state index contributed by atoms with van der Waals surface area (Å²) in [5.41, 5.74) is 6.19. The van der Waals surface area contributed by atoms with Gasteiger partial charge in [0, 0.05) is 6.04 Å². The Balaban J connectivity index is 1.32. The van der Waals surface area contributed by atoms with E-state index in [-0.39, 0.29) is 16.9 Å². The lowest BCUT2D eigenvalue weighted by atomic mass is 9.41. The largest absolute Gasteiger partial charge is 0.397 e. The molecule has 0 aromatic carbocycles. The highest BCUT2D eigenvalue weighted by molar-refractivity contribution is 7.80. The number of rotatable bonds is 17. The molecule has 9 unspecified atom stereocenters. The Morgan fingerprint density at radius 3 is 2.37 bits per heavy atom. The molecule has 8 nitrogen and oxygen atoms in total. The maximum absolute atomic E-state index is 11.4. The number of fused-ring (bicyclic) bond motifs is 5. The average Bonchev–Trinajstić information content (AvgIpc) is 3.29. The van der Waals surface area contributed by atoms with Gasteiger partial charge in [-0.2, -0.15) is 8.42 Å². The average molecular weight is 625 g/mol. The monoisotopic (exact) mass is 624 g/mol. The van der Waals surface area contributed by atoms with Crippen LogP contribution in [0.2, 0.25) is 0 Å². The van der Waals surface area contributed by atoms with E-state index in [1.807, 2.05) is 13.8 Å². The number of unbranched alkanes of at least 4 members (excludes halogenated alkanes) is 1. The summed E-state index contributed by atoms with van der Waals surface area (Å²) >= 11 is 0. The zero-order chi connectivity index (χ0) is 31.3. The van der Waals surface area contributed by atoms with Gasteiger partial charge in [0.25, 0.3) is 0 Å². The first kappa shape index (κ1) is 35.3. The summed E-state index contributed by atoms with van der Waals surface area (Å²) in [7, 11) is -4.43. The third kappa shape index (κ3) is 7.87. The van der Waals surface area contributed by atoms with Gasteiger partial charge in [-0.25, -0.2) is 4.18 Å². The third-order valence-electron chi connectivity index (χ3n) is 13.0. The van der Waals surface area contributed by atoms with Gasteiger partial charge in [-0.1, -0.05) is 34.1 Å². The molecule has 4 rings (SSSR count). The van der Waals surface area contributed by atoms with Crippen molar-refractivity contribution < 1.29 is 17.2 Å². The fraction of sp³-hybridized carbons (Fsp3) is 0.971. The molecule has 0 radical (unpaired) electrons. The molecule has 4 saturated carbocycles. The van der Waals surface area contributed by atoms with E-state index in [4.69, 9.17) is 14.9 Å². The summed E-state index contributed by atoms with van der Waals surface area (Å²) in [5, 5.41) is 7.47. The van der Waals surface area contributed by atoms with Gasteiger partial charge in [-0.05, 0) is 163 Å². The van der Waals surface area contributed by atoms with Crippen LogP contribution in [0.3, 0.4) is 0 Å². The highest BCUT2D eigenvalue weighted by atomic mass is 32.3. The standard InChI is InChI=1S/C34H64N4O4S/c1-25(2)29(42-43(39,40)41)11-8-10-26-12-13-30-32(26,3)18-16-31-33(4)17-15-28(24-27(33)14-19-34(30,31)36-5)38-23-9-22-37-21-7-6-20-35/h25-31,37-38H,5-24,35H2,1-4H3,(H,39,40,41). The Labute approximate surface area is 263 Å². The van der Waals surface area contributed by atoms with Gasteiger partial charge in [0.1, 0.15) is 0 Å². The van der Waals surface area contributed by atoms with Crippen molar-refractivity contribution in [3.8, 4) is 0 Å². The molecule has 4 aliphatic rings. The van der Waals surface area contributed by atoms with E-state index in [9.17, 15) is 13.0 Å². The smallest absolute Gasteiger partial charge is 0.330 e. The zero-order valence-corrected chi connectivity index (χ0v) is 28.6. The maximum Gasteiger partial charge on any atom is 0.397 e. The second kappa shape index (κ2) is 14.9. The van der Waals surface area contributed by atoms with Gasteiger partial charge in [0.15, 0.2) is 0 Å². The second-order valence-electron chi connectivity index (χ2n) is 15.6. The Morgan fingerprint density at radius 1 is 0.953 bits per heavy atom. The summed E-state index contributed by atoms with van der Waals surface area (Å²) in [6.07, 6.45) is 16.9.